The fourth-order valence-electron chi connectivity index (χ4n) is 1.02. The first-order chi connectivity index (χ1) is 5.58. The van der Waals surface area contributed by atoms with Crippen LogP contribution in [0, 0.1) is 0 Å². The molecule has 1 fully saturated rings. The fourth-order valence-corrected chi connectivity index (χ4v) is 1.02. The van der Waals surface area contributed by atoms with E-state index in [9.17, 15) is 13.2 Å². The number of alkyl halides is 3. The number of nitrogens with zero attached hydrogens (tertiary/aromatic N) is 1. The van der Waals surface area contributed by atoms with Gasteiger partial charge in [-0.3, -0.25) is 0 Å². The Morgan fingerprint density at radius 1 is 1.25 bits per heavy atom. The van der Waals surface area contributed by atoms with Gasteiger partial charge >= 0.3 is 6.18 Å². The van der Waals surface area contributed by atoms with Crippen LogP contribution in [0.4, 0.5) is 13.2 Å². The molecule has 0 unspecified atom stereocenters. The summed E-state index contributed by atoms with van der Waals surface area (Å²) >= 11 is 0. The molecule has 2 N–H and O–H groups in total. The van der Waals surface area contributed by atoms with Gasteiger partial charge < -0.3 is 5.32 Å². The van der Waals surface area contributed by atoms with Crippen molar-refractivity contribution in [3.63, 3.8) is 0 Å². The van der Waals surface area contributed by atoms with E-state index in [1.54, 1.807) is 5.01 Å². The third-order valence-corrected chi connectivity index (χ3v) is 1.62. The molecule has 0 bridgehead atoms. The highest BCUT2D eigenvalue weighted by atomic mass is 19.4. The predicted molar refractivity (Wildman–Crippen MR) is 38.5 cm³/mol. The van der Waals surface area contributed by atoms with Crippen LogP contribution in [-0.4, -0.2) is 43.9 Å². The SMILES string of the molecule is FC(F)(F)CNN1CCNCC1. The molecule has 1 heterocycles. The monoisotopic (exact) mass is 183 g/mol. The van der Waals surface area contributed by atoms with Gasteiger partial charge in [-0.2, -0.15) is 13.2 Å². The van der Waals surface area contributed by atoms with Crippen molar-refractivity contribution in [2.45, 2.75) is 6.18 Å². The molecule has 0 aromatic rings. The summed E-state index contributed by atoms with van der Waals surface area (Å²) in [4.78, 5) is 0. The lowest BCUT2D eigenvalue weighted by molar-refractivity contribution is -0.135. The van der Waals surface area contributed by atoms with Crippen molar-refractivity contribution in [1.82, 2.24) is 15.8 Å². The number of rotatable bonds is 2. The second-order valence-corrected chi connectivity index (χ2v) is 2.69. The van der Waals surface area contributed by atoms with Gasteiger partial charge in [0, 0.05) is 26.2 Å². The summed E-state index contributed by atoms with van der Waals surface area (Å²) in [5.74, 6) is 0. The zero-order valence-corrected chi connectivity index (χ0v) is 6.62. The molecular weight excluding hydrogens is 171 g/mol. The standard InChI is InChI=1S/C6H12F3N3/c7-6(8,9)5-11-12-3-1-10-2-4-12/h10-11H,1-5H2. The summed E-state index contributed by atoms with van der Waals surface area (Å²) in [6.07, 6.45) is -4.12. The topological polar surface area (TPSA) is 27.3 Å². The van der Waals surface area contributed by atoms with Crippen molar-refractivity contribution in [2.24, 2.45) is 0 Å². The van der Waals surface area contributed by atoms with Crippen molar-refractivity contribution in [3.8, 4) is 0 Å². The summed E-state index contributed by atoms with van der Waals surface area (Å²) < 4.78 is 35.1. The van der Waals surface area contributed by atoms with Crippen LogP contribution in [-0.2, 0) is 0 Å². The number of hydrogen-bond donors (Lipinski definition) is 2. The van der Waals surface area contributed by atoms with Gasteiger partial charge in [-0.1, -0.05) is 0 Å². The van der Waals surface area contributed by atoms with E-state index >= 15 is 0 Å². The third kappa shape index (κ3) is 3.89. The number of piperazine rings is 1. The molecule has 3 nitrogen and oxygen atoms in total. The first-order valence-electron chi connectivity index (χ1n) is 3.84. The van der Waals surface area contributed by atoms with Crippen LogP contribution >= 0.6 is 0 Å². The van der Waals surface area contributed by atoms with Crippen molar-refractivity contribution >= 4 is 0 Å². The first kappa shape index (κ1) is 9.76. The van der Waals surface area contributed by atoms with E-state index in [0.29, 0.717) is 13.1 Å². The lowest BCUT2D eigenvalue weighted by Gasteiger charge is -2.28. The minimum absolute atomic E-state index is 0.621. The van der Waals surface area contributed by atoms with Gasteiger partial charge in [0.25, 0.3) is 0 Å². The Kier molecular flexibility index (Phi) is 3.30. The number of hydrazine groups is 1. The summed E-state index contributed by atoms with van der Waals surface area (Å²) in [6, 6.07) is 0. The van der Waals surface area contributed by atoms with E-state index in [1.165, 1.54) is 0 Å². The van der Waals surface area contributed by atoms with Gasteiger partial charge in [-0.15, -0.1) is 0 Å². The zero-order valence-electron chi connectivity index (χ0n) is 6.62. The van der Waals surface area contributed by atoms with Gasteiger partial charge in [0.1, 0.15) is 6.54 Å². The molecule has 1 aliphatic rings. The molecule has 0 radical (unpaired) electrons. The van der Waals surface area contributed by atoms with E-state index in [2.05, 4.69) is 10.7 Å². The largest absolute Gasteiger partial charge is 0.402 e. The molecule has 0 aromatic carbocycles. The van der Waals surface area contributed by atoms with E-state index in [0.717, 1.165) is 13.1 Å². The number of halogens is 3. The van der Waals surface area contributed by atoms with Crippen LogP contribution in [0.25, 0.3) is 0 Å². The Morgan fingerprint density at radius 3 is 2.33 bits per heavy atom. The Labute approximate surface area is 68.9 Å². The van der Waals surface area contributed by atoms with Gasteiger partial charge in [-0.05, 0) is 0 Å². The summed E-state index contributed by atoms with van der Waals surface area (Å²) in [5.41, 5.74) is 2.33. The van der Waals surface area contributed by atoms with Gasteiger partial charge in [-0.25, -0.2) is 10.4 Å². The molecule has 0 saturated carbocycles. The first-order valence-corrected chi connectivity index (χ1v) is 3.84. The third-order valence-electron chi connectivity index (χ3n) is 1.62. The maximum Gasteiger partial charge on any atom is 0.402 e. The summed E-state index contributed by atoms with van der Waals surface area (Å²) in [5, 5.41) is 4.64. The van der Waals surface area contributed by atoms with Crippen molar-refractivity contribution in [1.29, 1.82) is 0 Å². The molecule has 6 heteroatoms. The average molecular weight is 183 g/mol. The molecule has 0 spiro atoms. The van der Waals surface area contributed by atoms with Gasteiger partial charge in [0.05, 0.1) is 0 Å². The van der Waals surface area contributed by atoms with Crippen molar-refractivity contribution in [2.75, 3.05) is 32.7 Å². The molecule has 1 saturated heterocycles. The molecule has 0 atom stereocenters. The predicted octanol–water partition coefficient (Wildman–Crippen LogP) is -0.0415. The molecule has 0 aromatic heterocycles. The Balaban J connectivity index is 2.13. The van der Waals surface area contributed by atoms with Crippen LogP contribution in [0.1, 0.15) is 0 Å². The number of hydrogen-bond acceptors (Lipinski definition) is 3. The Bertz CT molecular complexity index is 130. The molecule has 12 heavy (non-hydrogen) atoms. The van der Waals surface area contributed by atoms with Crippen LogP contribution in [0.15, 0.2) is 0 Å². The normalized spacial score (nSPS) is 21.2. The highest BCUT2D eigenvalue weighted by Crippen LogP contribution is 2.12. The quantitative estimate of drug-likeness (QED) is 0.629. The van der Waals surface area contributed by atoms with Crippen molar-refractivity contribution in [3.05, 3.63) is 0 Å². The average Bonchev–Trinajstić information content (AvgIpc) is 2.02. The van der Waals surface area contributed by atoms with Crippen LogP contribution in [0.2, 0.25) is 0 Å². The molecule has 1 aliphatic heterocycles. The second kappa shape index (κ2) is 4.06. The van der Waals surface area contributed by atoms with Crippen LogP contribution in [0.3, 0.4) is 0 Å². The second-order valence-electron chi connectivity index (χ2n) is 2.69. The fraction of sp³-hybridized carbons (Fsp3) is 1.00. The maximum atomic E-state index is 11.7. The highest BCUT2D eigenvalue weighted by molar-refractivity contribution is 4.65. The minimum Gasteiger partial charge on any atom is -0.314 e. The van der Waals surface area contributed by atoms with Crippen LogP contribution < -0.4 is 10.7 Å². The lowest BCUT2D eigenvalue weighted by Crippen LogP contribution is -2.52. The highest BCUT2D eigenvalue weighted by Gasteiger charge is 2.27. The summed E-state index contributed by atoms with van der Waals surface area (Å²) in [6.45, 7) is 1.79. The van der Waals surface area contributed by atoms with E-state index < -0.39 is 12.7 Å². The number of nitrogens with one attached hydrogen (secondary N) is 2. The Hall–Kier alpha value is -0.330. The van der Waals surface area contributed by atoms with Gasteiger partial charge in [0.2, 0.25) is 0 Å². The minimum atomic E-state index is -4.12. The lowest BCUT2D eigenvalue weighted by atomic mass is 10.4. The van der Waals surface area contributed by atoms with Crippen molar-refractivity contribution < 1.29 is 13.2 Å². The van der Waals surface area contributed by atoms with E-state index in [1.807, 2.05) is 0 Å². The molecular formula is C6H12F3N3. The molecule has 0 aliphatic carbocycles. The van der Waals surface area contributed by atoms with E-state index in [4.69, 9.17) is 0 Å². The molecule has 0 amide bonds. The molecule has 1 rings (SSSR count). The van der Waals surface area contributed by atoms with Crippen LogP contribution in [0.5, 0.6) is 0 Å². The zero-order chi connectivity index (χ0) is 9.03. The smallest absolute Gasteiger partial charge is 0.314 e. The Morgan fingerprint density at radius 2 is 1.83 bits per heavy atom. The molecule has 72 valence electrons. The van der Waals surface area contributed by atoms with Gasteiger partial charge in [0.15, 0.2) is 0 Å². The summed E-state index contributed by atoms with van der Waals surface area (Å²) in [7, 11) is 0. The van der Waals surface area contributed by atoms with E-state index in [-0.39, 0.29) is 0 Å². The maximum absolute atomic E-state index is 11.7.